The fourth-order valence-corrected chi connectivity index (χ4v) is 27.4. The van der Waals surface area contributed by atoms with Crippen LogP contribution >= 0.6 is 0 Å². The predicted octanol–water partition coefficient (Wildman–Crippen LogP) is 5.58. The fraction of sp³-hybridized carbons (Fsp3) is 0.200. The third kappa shape index (κ3) is 2.94. The molecular weight excluding hydrogens is 691 g/mol. The van der Waals surface area contributed by atoms with E-state index < -0.39 is 34.9 Å². The molecule has 9 rings (SSSR count). The van der Waals surface area contributed by atoms with E-state index in [-0.39, 0.29) is 22.0 Å². The summed E-state index contributed by atoms with van der Waals surface area (Å²) in [5.74, 6) is -3.08. The topological polar surface area (TPSA) is 15.5 Å². The Morgan fingerprint density at radius 3 is 1.61 bits per heavy atom. The van der Waals surface area contributed by atoms with Crippen molar-refractivity contribution in [3.63, 3.8) is 0 Å². The van der Waals surface area contributed by atoms with Crippen LogP contribution in [0.2, 0.25) is 0 Å². The molecule has 0 radical (unpaired) electrons. The molecule has 6 aromatic rings. The molecule has 49 heavy (non-hydrogen) atoms. The molecule has 7 heterocycles. The fourth-order valence-electron chi connectivity index (χ4n) is 8.83. The Kier molecular flexibility index (Phi) is 5.39. The van der Waals surface area contributed by atoms with E-state index in [2.05, 4.69) is 60.8 Å². The molecule has 0 fully saturated rings. The van der Waals surface area contributed by atoms with Gasteiger partial charge in [0.2, 0.25) is 0 Å². The van der Waals surface area contributed by atoms with E-state index >= 15 is 17.6 Å². The first-order chi connectivity index (χ1) is 23.1. The van der Waals surface area contributed by atoms with Crippen LogP contribution in [0.15, 0.2) is 110 Å². The zero-order valence-corrected chi connectivity index (χ0v) is 29.8. The second-order valence-electron chi connectivity index (χ2n) is 15.5. The number of benzene rings is 2. The molecule has 2 aromatic carbocycles. The van der Waals surface area contributed by atoms with Crippen LogP contribution in [0.3, 0.4) is 0 Å². The van der Waals surface area contributed by atoms with Crippen molar-refractivity contribution in [2.75, 3.05) is 0 Å². The first-order valence-corrected chi connectivity index (χ1v) is 21.1. The first kappa shape index (κ1) is 30.3. The van der Waals surface area contributed by atoms with Crippen LogP contribution in [0.5, 0.6) is 0 Å². The van der Waals surface area contributed by atoms with Crippen LogP contribution in [0.4, 0.5) is 17.6 Å². The van der Waals surface area contributed by atoms with Crippen molar-refractivity contribution < 1.29 is 31.9 Å². The maximum atomic E-state index is 16.8. The van der Waals surface area contributed by atoms with Gasteiger partial charge in [-0.05, 0) is 0 Å². The number of halogens is 4. The molecule has 4 nitrogen and oxygen atoms in total. The Morgan fingerprint density at radius 2 is 1.04 bits per heavy atom. The average molecular weight is 728 g/mol. The van der Waals surface area contributed by atoms with Gasteiger partial charge in [0.15, 0.2) is 0 Å². The van der Waals surface area contributed by atoms with Crippen molar-refractivity contribution in [1.82, 2.24) is 0 Å². The number of aromatic nitrogens is 4. The summed E-state index contributed by atoms with van der Waals surface area (Å²) in [5, 5.41) is 0. The van der Waals surface area contributed by atoms with Gasteiger partial charge in [-0.15, -0.1) is 0 Å². The van der Waals surface area contributed by atoms with Gasteiger partial charge in [0.05, 0.1) is 0 Å². The Hall–Kier alpha value is -4.72. The normalized spacial score (nSPS) is 18.0. The van der Waals surface area contributed by atoms with Crippen molar-refractivity contribution in [3.05, 3.63) is 144 Å². The van der Waals surface area contributed by atoms with Gasteiger partial charge in [-0.3, -0.25) is 0 Å². The van der Waals surface area contributed by atoms with Gasteiger partial charge in [0, 0.05) is 0 Å². The average Bonchev–Trinajstić information content (AvgIpc) is 3.43. The van der Waals surface area contributed by atoms with E-state index in [1.165, 1.54) is 12.1 Å². The van der Waals surface area contributed by atoms with E-state index in [0.717, 1.165) is 34.6 Å². The molecular formula is C40H36F4N4Se+4. The molecule has 0 aliphatic carbocycles. The summed E-state index contributed by atoms with van der Waals surface area (Å²) in [4.78, 5) is 0. The molecule has 0 amide bonds. The van der Waals surface area contributed by atoms with E-state index in [9.17, 15) is 0 Å². The molecule has 0 N–H and O–H groups in total. The van der Waals surface area contributed by atoms with Crippen LogP contribution in [-0.4, -0.2) is 11.6 Å². The molecule has 3 aliphatic heterocycles. The molecule has 3 aliphatic rings. The monoisotopic (exact) mass is 728 g/mol. The maximum absolute atomic E-state index is 16.8. The number of nitrogens with zero attached hydrogens (tertiary/aromatic N) is 4. The van der Waals surface area contributed by atoms with Gasteiger partial charge in [0.25, 0.3) is 0 Å². The molecule has 9 heteroatoms. The summed E-state index contributed by atoms with van der Waals surface area (Å²) in [7, 11) is 0. The van der Waals surface area contributed by atoms with Crippen LogP contribution in [0, 0.1) is 23.3 Å². The summed E-state index contributed by atoms with van der Waals surface area (Å²) < 4.78 is 75.0. The van der Waals surface area contributed by atoms with Gasteiger partial charge in [0.1, 0.15) is 0 Å². The van der Waals surface area contributed by atoms with Gasteiger partial charge >= 0.3 is 283 Å². The van der Waals surface area contributed by atoms with Crippen LogP contribution in [0.25, 0.3) is 33.8 Å². The number of fused-ring (bicyclic) bond motifs is 10. The Bertz CT molecular complexity index is 2460. The number of pyridine rings is 4. The Morgan fingerprint density at radius 1 is 0.510 bits per heavy atom. The van der Waals surface area contributed by atoms with Crippen LogP contribution < -0.4 is 23.3 Å². The zero-order chi connectivity index (χ0) is 34.5. The SMILES string of the molecule is CC(C)(C)c1cc[n+]2c(c1)-c1cc(C(C)(C)C)cc[n+]1[Se]213(c2cc(F)cc(F)c2-c2ccc[n+]1c2)c1cc(F)cc(F)c1-c1cccc[n+]13. The van der Waals surface area contributed by atoms with E-state index in [0.29, 0.717) is 20.2 Å². The second-order valence-corrected chi connectivity index (χ2v) is 26.2. The number of rotatable bonds is 0. The van der Waals surface area contributed by atoms with Crippen molar-refractivity contribution in [1.29, 1.82) is 0 Å². The molecule has 2 bridgehead atoms. The van der Waals surface area contributed by atoms with Crippen molar-refractivity contribution in [3.8, 4) is 33.8 Å². The molecule has 0 saturated heterocycles. The number of hydrogen-bond donors (Lipinski definition) is 0. The third-order valence-electron chi connectivity index (χ3n) is 10.9. The summed E-state index contributed by atoms with van der Waals surface area (Å²) >= 11 is -6.61. The second kappa shape index (κ2) is 8.70. The molecule has 246 valence electrons. The molecule has 0 unspecified atom stereocenters. The molecule has 0 atom stereocenters. The third-order valence-corrected chi connectivity index (χ3v) is 26.8. The van der Waals surface area contributed by atoms with Crippen LogP contribution in [-0.2, 0) is 10.8 Å². The van der Waals surface area contributed by atoms with E-state index in [1.54, 1.807) is 6.07 Å². The number of hydrogen-bond acceptors (Lipinski definition) is 0. The minimum atomic E-state index is -6.61. The predicted molar refractivity (Wildman–Crippen MR) is 180 cm³/mol. The molecule has 4 aromatic heterocycles. The van der Waals surface area contributed by atoms with Gasteiger partial charge in [-0.25, -0.2) is 0 Å². The zero-order valence-electron chi connectivity index (χ0n) is 28.1. The Labute approximate surface area is 282 Å². The van der Waals surface area contributed by atoms with Crippen molar-refractivity contribution in [2.24, 2.45) is 0 Å². The van der Waals surface area contributed by atoms with Crippen molar-refractivity contribution in [2.45, 2.75) is 52.4 Å². The molecule has 0 saturated carbocycles. The minimum absolute atomic E-state index is 0.186. The molecule has 1 spiro atoms. The van der Waals surface area contributed by atoms with E-state index in [1.807, 2.05) is 74.5 Å². The summed E-state index contributed by atoms with van der Waals surface area (Å²) in [5.41, 5.74) is 4.46. The summed E-state index contributed by atoms with van der Waals surface area (Å²) in [6, 6.07) is 22.0. The first-order valence-electron chi connectivity index (χ1n) is 16.3. The van der Waals surface area contributed by atoms with E-state index in [4.69, 9.17) is 0 Å². The summed E-state index contributed by atoms with van der Waals surface area (Å²) in [6.07, 6.45) is 9.59. The Balaban J connectivity index is 1.75. The standard InChI is InChI=1S/C40H36F4N4Se/c1-39(2,3)26-12-16-47-33(18-26)34-19-27(40(4,5)6)13-17-48(34)49(47,35-22-28(41)20-30(43)37(35)25-10-9-14-45(49)24-25)36-23-29(42)21-31(44)38(36)32-11-7-8-15-46(32)49/h7-24H,1-6H3/q+4. The quantitative estimate of drug-likeness (QED) is 0.143. The van der Waals surface area contributed by atoms with Crippen LogP contribution in [0.1, 0.15) is 52.7 Å². The summed E-state index contributed by atoms with van der Waals surface area (Å²) in [6.45, 7) is 12.8. The van der Waals surface area contributed by atoms with Gasteiger partial charge in [-0.1, -0.05) is 0 Å². The van der Waals surface area contributed by atoms with Gasteiger partial charge < -0.3 is 0 Å². The van der Waals surface area contributed by atoms with Gasteiger partial charge in [-0.2, -0.15) is 0 Å². The van der Waals surface area contributed by atoms with Crippen molar-refractivity contribution >= 4 is 20.5 Å².